The number of alkyl carbamates (subject to hydrolysis) is 1. The van der Waals surface area contributed by atoms with Gasteiger partial charge in [-0.15, -0.1) is 0 Å². The minimum Gasteiger partial charge on any atom is -0.480 e. The number of hydrogen-bond donors (Lipinski definition) is 3. The molecule has 188 valence electrons. The summed E-state index contributed by atoms with van der Waals surface area (Å²) >= 11 is 0. The third-order valence-corrected chi connectivity index (χ3v) is 5.83. The van der Waals surface area contributed by atoms with Crippen LogP contribution in [0, 0.1) is 11.8 Å². The van der Waals surface area contributed by atoms with Crippen LogP contribution in [-0.2, 0) is 14.3 Å². The maximum atomic E-state index is 13.5. The van der Waals surface area contributed by atoms with E-state index in [0.29, 0.717) is 0 Å². The molecule has 3 rings (SSSR count). The van der Waals surface area contributed by atoms with Crippen LogP contribution in [0.1, 0.15) is 37.3 Å². The molecule has 0 bridgehead atoms. The maximum Gasteiger partial charge on any atom is 0.407 e. The topological polar surface area (TPSA) is 105 Å². The largest absolute Gasteiger partial charge is 0.480 e. The molecule has 2 aromatic rings. The van der Waals surface area contributed by atoms with Crippen LogP contribution in [0.25, 0.3) is 11.1 Å². The molecule has 0 aliphatic heterocycles. The monoisotopic (exact) mass is 492 g/mol. The zero-order valence-corrected chi connectivity index (χ0v) is 19.3. The second kappa shape index (κ2) is 10.8. The number of amides is 2. The Labute approximate surface area is 200 Å². The van der Waals surface area contributed by atoms with Crippen molar-refractivity contribution in [1.82, 2.24) is 10.6 Å². The Morgan fingerprint density at radius 3 is 2.03 bits per heavy atom. The Morgan fingerprint density at radius 1 is 1.00 bits per heavy atom. The van der Waals surface area contributed by atoms with Crippen LogP contribution < -0.4 is 10.6 Å². The molecule has 35 heavy (non-hydrogen) atoms. The summed E-state index contributed by atoms with van der Waals surface area (Å²) in [7, 11) is 0. The first kappa shape index (κ1) is 26.1. The fourth-order valence-electron chi connectivity index (χ4n) is 4.16. The van der Waals surface area contributed by atoms with Gasteiger partial charge in [0.15, 0.2) is 5.92 Å². The van der Waals surface area contributed by atoms with E-state index in [-0.39, 0.29) is 24.9 Å². The van der Waals surface area contributed by atoms with Crippen LogP contribution in [0.4, 0.5) is 18.0 Å². The quantitative estimate of drug-likeness (QED) is 0.484. The number of benzene rings is 2. The highest BCUT2D eigenvalue weighted by atomic mass is 19.4. The van der Waals surface area contributed by atoms with E-state index >= 15 is 0 Å². The average Bonchev–Trinajstić information content (AvgIpc) is 3.10. The van der Waals surface area contributed by atoms with Gasteiger partial charge in [-0.1, -0.05) is 62.4 Å². The van der Waals surface area contributed by atoms with Gasteiger partial charge >= 0.3 is 18.2 Å². The fraction of sp³-hybridized carbons (Fsp3) is 0.400. The van der Waals surface area contributed by atoms with Crippen molar-refractivity contribution in [2.75, 3.05) is 13.2 Å². The van der Waals surface area contributed by atoms with E-state index in [1.165, 1.54) is 0 Å². The van der Waals surface area contributed by atoms with E-state index in [9.17, 15) is 32.7 Å². The molecule has 3 N–H and O–H groups in total. The standard InChI is InChI=1S/C25H27F3N2O5/c1-14(2)11-21(23(32)33)30-22(31)20(25(26,27)28)12-29-24(34)35-13-19-17-9-5-3-7-15(17)16-8-4-6-10-18(16)19/h3-10,14,19-21H,11-13H2,1-2H3,(H,29,34)(H,30,31)(H,32,33). The minimum absolute atomic E-state index is 0.0363. The number of halogens is 3. The van der Waals surface area contributed by atoms with Crippen molar-refractivity contribution in [2.45, 2.75) is 38.4 Å². The molecule has 0 spiro atoms. The zero-order valence-electron chi connectivity index (χ0n) is 19.3. The van der Waals surface area contributed by atoms with E-state index in [1.807, 2.05) is 59.2 Å². The molecule has 1 aliphatic carbocycles. The molecule has 0 aromatic heterocycles. The van der Waals surface area contributed by atoms with Gasteiger partial charge in [-0.3, -0.25) is 4.79 Å². The number of aliphatic carboxylic acids is 1. The second-order valence-electron chi connectivity index (χ2n) is 8.83. The molecule has 1 aliphatic rings. The summed E-state index contributed by atoms with van der Waals surface area (Å²) in [4.78, 5) is 35.8. The van der Waals surface area contributed by atoms with E-state index in [1.54, 1.807) is 13.8 Å². The SMILES string of the molecule is CC(C)CC(NC(=O)C(CNC(=O)OCC1c2ccccc2-c2ccccc21)C(F)(F)F)C(=O)O. The number of rotatable bonds is 9. The van der Waals surface area contributed by atoms with Gasteiger partial charge in [0.25, 0.3) is 0 Å². The molecule has 10 heteroatoms. The summed E-state index contributed by atoms with van der Waals surface area (Å²) in [6.07, 6.45) is -6.14. The highest BCUT2D eigenvalue weighted by Gasteiger charge is 2.46. The van der Waals surface area contributed by atoms with Crippen molar-refractivity contribution < 1.29 is 37.4 Å². The Hall–Kier alpha value is -3.56. The van der Waals surface area contributed by atoms with Gasteiger partial charge < -0.3 is 20.5 Å². The molecule has 2 aromatic carbocycles. The first-order valence-corrected chi connectivity index (χ1v) is 11.2. The number of carboxylic acids is 1. The Kier molecular flexibility index (Phi) is 8.03. The van der Waals surface area contributed by atoms with E-state index in [0.717, 1.165) is 22.3 Å². The first-order valence-electron chi connectivity index (χ1n) is 11.2. The maximum absolute atomic E-state index is 13.5. The van der Waals surface area contributed by atoms with Crippen molar-refractivity contribution in [1.29, 1.82) is 0 Å². The van der Waals surface area contributed by atoms with Crippen LogP contribution in [0.2, 0.25) is 0 Å². The van der Waals surface area contributed by atoms with Gasteiger partial charge in [-0.2, -0.15) is 13.2 Å². The number of hydrogen-bond acceptors (Lipinski definition) is 4. The van der Waals surface area contributed by atoms with Crippen molar-refractivity contribution in [3.05, 3.63) is 59.7 Å². The smallest absolute Gasteiger partial charge is 0.407 e. The molecule has 7 nitrogen and oxygen atoms in total. The van der Waals surface area contributed by atoms with Gasteiger partial charge in [-0.25, -0.2) is 9.59 Å². The number of fused-ring (bicyclic) bond motifs is 3. The van der Waals surface area contributed by atoms with E-state index in [4.69, 9.17) is 4.74 Å². The molecule has 0 saturated carbocycles. The molecule has 0 radical (unpaired) electrons. The summed E-state index contributed by atoms with van der Waals surface area (Å²) in [6, 6.07) is 13.7. The van der Waals surface area contributed by atoms with Gasteiger partial charge in [-0.05, 0) is 34.6 Å². The lowest BCUT2D eigenvalue weighted by Crippen LogP contribution is -2.51. The number of carbonyl (C=O) groups is 3. The lowest BCUT2D eigenvalue weighted by molar-refractivity contribution is -0.182. The Balaban J connectivity index is 1.62. The molecular formula is C25H27F3N2O5. The molecule has 0 saturated heterocycles. The zero-order chi connectivity index (χ0) is 25.8. The molecule has 2 amide bonds. The summed E-state index contributed by atoms with van der Waals surface area (Å²) in [5.41, 5.74) is 3.89. The van der Waals surface area contributed by atoms with E-state index < -0.39 is 42.7 Å². The predicted molar refractivity (Wildman–Crippen MR) is 122 cm³/mol. The van der Waals surface area contributed by atoms with E-state index in [2.05, 4.69) is 0 Å². The van der Waals surface area contributed by atoms with Crippen molar-refractivity contribution in [2.24, 2.45) is 11.8 Å². The third-order valence-electron chi connectivity index (χ3n) is 5.83. The molecule has 2 atom stereocenters. The molecular weight excluding hydrogens is 465 g/mol. The van der Waals surface area contributed by atoms with Crippen molar-refractivity contribution >= 4 is 18.0 Å². The van der Waals surface area contributed by atoms with Gasteiger partial charge in [0.2, 0.25) is 5.91 Å². The van der Waals surface area contributed by atoms with Gasteiger partial charge in [0.1, 0.15) is 12.6 Å². The van der Waals surface area contributed by atoms with Crippen LogP contribution in [0.5, 0.6) is 0 Å². The summed E-state index contributed by atoms with van der Waals surface area (Å²) < 4.78 is 45.7. The summed E-state index contributed by atoms with van der Waals surface area (Å²) in [5.74, 6) is -6.03. The Bertz CT molecular complexity index is 1040. The molecule has 0 heterocycles. The van der Waals surface area contributed by atoms with Crippen molar-refractivity contribution in [3.8, 4) is 11.1 Å². The summed E-state index contributed by atoms with van der Waals surface area (Å²) in [5, 5.41) is 13.1. The van der Waals surface area contributed by atoms with Crippen LogP contribution in [0.3, 0.4) is 0 Å². The normalized spacial score (nSPS) is 14.6. The predicted octanol–water partition coefficient (Wildman–Crippen LogP) is 4.32. The number of alkyl halides is 3. The number of nitrogens with one attached hydrogen (secondary N) is 2. The lowest BCUT2D eigenvalue weighted by Gasteiger charge is -2.23. The first-order chi connectivity index (χ1) is 16.5. The van der Waals surface area contributed by atoms with Crippen LogP contribution in [0.15, 0.2) is 48.5 Å². The second-order valence-corrected chi connectivity index (χ2v) is 8.83. The third kappa shape index (κ3) is 6.32. The Morgan fingerprint density at radius 2 is 1.54 bits per heavy atom. The van der Waals surface area contributed by atoms with Gasteiger partial charge in [0.05, 0.1) is 0 Å². The molecule has 2 unspecified atom stereocenters. The highest BCUT2D eigenvalue weighted by molar-refractivity contribution is 5.86. The van der Waals surface area contributed by atoms with Crippen molar-refractivity contribution in [3.63, 3.8) is 0 Å². The lowest BCUT2D eigenvalue weighted by atomic mass is 9.98. The number of carboxylic acid groups (broad SMARTS) is 1. The number of ether oxygens (including phenoxy) is 1. The highest BCUT2D eigenvalue weighted by Crippen LogP contribution is 2.44. The minimum atomic E-state index is -5.00. The summed E-state index contributed by atoms with van der Waals surface area (Å²) in [6.45, 7) is 2.18. The average molecular weight is 492 g/mol. The van der Waals surface area contributed by atoms with Gasteiger partial charge in [0, 0.05) is 12.5 Å². The van der Waals surface area contributed by atoms with Crippen LogP contribution in [-0.4, -0.2) is 48.4 Å². The fourth-order valence-corrected chi connectivity index (χ4v) is 4.16. The molecule has 0 fully saturated rings. The number of carbonyl (C=O) groups excluding carboxylic acids is 2. The van der Waals surface area contributed by atoms with Crippen LogP contribution >= 0.6 is 0 Å².